The Morgan fingerprint density at radius 1 is 1.15 bits per heavy atom. The molecule has 0 aromatic heterocycles. The predicted octanol–water partition coefficient (Wildman–Crippen LogP) is 3.27. The first-order chi connectivity index (χ1) is 9.29. The van der Waals surface area contributed by atoms with E-state index < -0.39 is 0 Å². The summed E-state index contributed by atoms with van der Waals surface area (Å²) in [5, 5.41) is 3.01. The third kappa shape index (κ3) is 5.14. The van der Waals surface area contributed by atoms with Gasteiger partial charge in [0.2, 0.25) is 0 Å². The molecule has 0 saturated heterocycles. The minimum Gasteiger partial charge on any atom is -0.352 e. The van der Waals surface area contributed by atoms with Crippen LogP contribution in [-0.2, 0) is 6.54 Å². The topological polar surface area (TPSA) is 55.1 Å². The summed E-state index contributed by atoms with van der Waals surface area (Å²) in [6.07, 6.45) is 7.89. The molecule has 0 atom stereocenters. The van der Waals surface area contributed by atoms with E-state index in [0.29, 0.717) is 6.54 Å². The molecule has 1 fully saturated rings. The molecule has 112 valence electrons. The van der Waals surface area contributed by atoms with E-state index in [4.69, 9.17) is 5.73 Å². The quantitative estimate of drug-likeness (QED) is 0.876. The predicted molar refractivity (Wildman–Crippen MR) is 85.1 cm³/mol. The first-order valence-electron chi connectivity index (χ1n) is 7.37. The van der Waals surface area contributed by atoms with Crippen LogP contribution < -0.4 is 11.1 Å². The summed E-state index contributed by atoms with van der Waals surface area (Å²) in [5.41, 5.74) is 7.32. The molecular formula is C16H25ClN2O. The zero-order chi connectivity index (χ0) is 13.5. The molecule has 0 heterocycles. The van der Waals surface area contributed by atoms with Crippen LogP contribution in [0.2, 0.25) is 0 Å². The van der Waals surface area contributed by atoms with Crippen LogP contribution in [0.25, 0.3) is 0 Å². The molecular weight excluding hydrogens is 272 g/mol. The molecule has 3 nitrogen and oxygen atoms in total. The van der Waals surface area contributed by atoms with E-state index in [-0.39, 0.29) is 18.3 Å². The number of halogens is 1. The number of hydrogen-bond acceptors (Lipinski definition) is 2. The van der Waals surface area contributed by atoms with E-state index in [1.54, 1.807) is 0 Å². The first kappa shape index (κ1) is 17.0. The lowest BCUT2D eigenvalue weighted by Gasteiger charge is -2.21. The molecule has 1 aliphatic rings. The lowest BCUT2D eigenvalue weighted by atomic mass is 9.87. The fourth-order valence-corrected chi connectivity index (χ4v) is 2.76. The molecule has 4 heteroatoms. The molecule has 20 heavy (non-hydrogen) atoms. The van der Waals surface area contributed by atoms with Gasteiger partial charge in [-0.05, 0) is 30.0 Å². The van der Waals surface area contributed by atoms with Gasteiger partial charge in [-0.2, -0.15) is 0 Å². The van der Waals surface area contributed by atoms with Gasteiger partial charge in [0, 0.05) is 18.7 Å². The fraction of sp³-hybridized carbons (Fsp3) is 0.562. The van der Waals surface area contributed by atoms with Crippen molar-refractivity contribution in [2.75, 3.05) is 6.54 Å². The fourth-order valence-electron chi connectivity index (χ4n) is 2.76. The molecule has 1 saturated carbocycles. The average molecular weight is 297 g/mol. The molecule has 0 bridgehead atoms. The molecule has 0 radical (unpaired) electrons. The Hall–Kier alpha value is -1.06. The van der Waals surface area contributed by atoms with Crippen molar-refractivity contribution in [2.45, 2.75) is 45.1 Å². The van der Waals surface area contributed by atoms with Crippen molar-refractivity contribution in [3.05, 3.63) is 35.4 Å². The Kier molecular flexibility index (Phi) is 7.63. The summed E-state index contributed by atoms with van der Waals surface area (Å²) >= 11 is 0. The molecule has 2 rings (SSSR count). The largest absolute Gasteiger partial charge is 0.352 e. The van der Waals surface area contributed by atoms with Crippen LogP contribution in [0.1, 0.15) is 54.4 Å². The monoisotopic (exact) mass is 296 g/mol. The van der Waals surface area contributed by atoms with Crippen LogP contribution in [0.5, 0.6) is 0 Å². The third-order valence-electron chi connectivity index (χ3n) is 4.01. The molecule has 1 aromatic carbocycles. The highest BCUT2D eigenvalue weighted by Gasteiger charge is 2.13. The number of nitrogens with one attached hydrogen (secondary N) is 1. The van der Waals surface area contributed by atoms with E-state index in [9.17, 15) is 4.79 Å². The number of carbonyl (C=O) groups excluding carboxylic acids is 1. The third-order valence-corrected chi connectivity index (χ3v) is 4.01. The number of carbonyl (C=O) groups is 1. The van der Waals surface area contributed by atoms with E-state index in [1.165, 1.54) is 32.1 Å². The van der Waals surface area contributed by atoms with Gasteiger partial charge in [0.25, 0.3) is 5.91 Å². The smallest absolute Gasteiger partial charge is 0.251 e. The highest BCUT2D eigenvalue weighted by atomic mass is 35.5. The molecule has 1 amide bonds. The summed E-state index contributed by atoms with van der Waals surface area (Å²) < 4.78 is 0. The lowest BCUT2D eigenvalue weighted by molar-refractivity contribution is 0.0950. The number of amides is 1. The SMILES string of the molecule is Cl.NCc1ccc(C(=O)NCCC2CCCCC2)cc1. The van der Waals surface area contributed by atoms with Crippen molar-refractivity contribution < 1.29 is 4.79 Å². The molecule has 1 aliphatic carbocycles. The Balaban J connectivity index is 0.00000200. The van der Waals surface area contributed by atoms with Gasteiger partial charge in [0.05, 0.1) is 0 Å². The number of nitrogens with two attached hydrogens (primary N) is 1. The van der Waals surface area contributed by atoms with Gasteiger partial charge in [0.1, 0.15) is 0 Å². The van der Waals surface area contributed by atoms with Gasteiger partial charge >= 0.3 is 0 Å². The second-order valence-corrected chi connectivity index (χ2v) is 5.45. The first-order valence-corrected chi connectivity index (χ1v) is 7.37. The molecule has 0 spiro atoms. The summed E-state index contributed by atoms with van der Waals surface area (Å²) in [5.74, 6) is 0.841. The summed E-state index contributed by atoms with van der Waals surface area (Å²) in [7, 11) is 0. The van der Waals surface area contributed by atoms with Gasteiger partial charge in [-0.25, -0.2) is 0 Å². The zero-order valence-corrected chi connectivity index (χ0v) is 12.8. The van der Waals surface area contributed by atoms with Crippen LogP contribution in [0.15, 0.2) is 24.3 Å². The van der Waals surface area contributed by atoms with Crippen molar-refractivity contribution in [3.63, 3.8) is 0 Å². The Bertz CT molecular complexity index is 399. The van der Waals surface area contributed by atoms with Crippen molar-refractivity contribution in [3.8, 4) is 0 Å². The number of hydrogen-bond donors (Lipinski definition) is 2. The molecule has 3 N–H and O–H groups in total. The van der Waals surface area contributed by atoms with E-state index in [0.717, 1.165) is 30.0 Å². The lowest BCUT2D eigenvalue weighted by Crippen LogP contribution is -2.26. The van der Waals surface area contributed by atoms with Gasteiger partial charge in [-0.3, -0.25) is 4.79 Å². The molecule has 0 unspecified atom stereocenters. The maximum Gasteiger partial charge on any atom is 0.251 e. The Morgan fingerprint density at radius 2 is 1.80 bits per heavy atom. The van der Waals surface area contributed by atoms with Gasteiger partial charge < -0.3 is 11.1 Å². The van der Waals surface area contributed by atoms with Crippen molar-refractivity contribution in [2.24, 2.45) is 11.7 Å². The van der Waals surface area contributed by atoms with Gasteiger partial charge in [-0.1, -0.05) is 44.2 Å². The standard InChI is InChI=1S/C16H24N2O.ClH/c17-12-14-6-8-15(9-7-14)16(19)18-11-10-13-4-2-1-3-5-13;/h6-9,13H,1-5,10-12,17H2,(H,18,19);1H. The van der Waals surface area contributed by atoms with E-state index in [2.05, 4.69) is 5.32 Å². The Labute approximate surface area is 127 Å². The second kappa shape index (κ2) is 8.98. The minimum absolute atomic E-state index is 0. The molecule has 1 aromatic rings. The normalized spacial score (nSPS) is 15.4. The molecule has 0 aliphatic heterocycles. The number of rotatable bonds is 5. The zero-order valence-electron chi connectivity index (χ0n) is 11.9. The van der Waals surface area contributed by atoms with E-state index >= 15 is 0 Å². The van der Waals surface area contributed by atoms with Crippen molar-refractivity contribution in [1.82, 2.24) is 5.32 Å². The highest BCUT2D eigenvalue weighted by Crippen LogP contribution is 2.25. The van der Waals surface area contributed by atoms with Crippen LogP contribution in [0.3, 0.4) is 0 Å². The maximum absolute atomic E-state index is 11.9. The summed E-state index contributed by atoms with van der Waals surface area (Å²) in [4.78, 5) is 11.9. The second-order valence-electron chi connectivity index (χ2n) is 5.45. The van der Waals surface area contributed by atoms with Crippen molar-refractivity contribution in [1.29, 1.82) is 0 Å². The van der Waals surface area contributed by atoms with Crippen LogP contribution in [-0.4, -0.2) is 12.5 Å². The van der Waals surface area contributed by atoms with Gasteiger partial charge in [0.15, 0.2) is 0 Å². The maximum atomic E-state index is 11.9. The van der Waals surface area contributed by atoms with Gasteiger partial charge in [-0.15, -0.1) is 12.4 Å². The van der Waals surface area contributed by atoms with Crippen LogP contribution >= 0.6 is 12.4 Å². The van der Waals surface area contributed by atoms with Crippen molar-refractivity contribution >= 4 is 18.3 Å². The van der Waals surface area contributed by atoms with Crippen LogP contribution in [0, 0.1) is 5.92 Å². The average Bonchev–Trinajstić information content (AvgIpc) is 2.48. The Morgan fingerprint density at radius 3 is 2.40 bits per heavy atom. The highest BCUT2D eigenvalue weighted by molar-refractivity contribution is 5.94. The summed E-state index contributed by atoms with van der Waals surface area (Å²) in [6, 6.07) is 7.52. The summed E-state index contributed by atoms with van der Waals surface area (Å²) in [6.45, 7) is 1.31. The number of benzene rings is 1. The van der Waals surface area contributed by atoms with E-state index in [1.807, 2.05) is 24.3 Å². The minimum atomic E-state index is 0. The van der Waals surface area contributed by atoms with Crippen LogP contribution in [0.4, 0.5) is 0 Å².